The standard InChI is InChI=1S/C19H20N8O3/c28-16-19(23-18(30)27(16)11-10-25-6-1-4-22-17(25)29)2-7-24(8-3-19)15-14-12-20-13-26(14)9-5-21-15/h1,4-6,9,12-13H,2-3,7-8,10-11H2,(H,23,30). The molecule has 0 aliphatic carbocycles. The Hall–Kier alpha value is -3.76. The second kappa shape index (κ2) is 6.94. The van der Waals surface area contributed by atoms with Crippen LogP contribution in [0.15, 0.2) is 48.2 Å². The Labute approximate surface area is 171 Å². The van der Waals surface area contributed by atoms with Gasteiger partial charge in [-0.3, -0.25) is 14.3 Å². The molecule has 11 nitrogen and oxygen atoms in total. The molecule has 2 aliphatic rings. The molecular weight excluding hydrogens is 388 g/mol. The van der Waals surface area contributed by atoms with Crippen LogP contribution in [0.5, 0.6) is 0 Å². The summed E-state index contributed by atoms with van der Waals surface area (Å²) < 4.78 is 3.28. The molecule has 154 valence electrons. The number of nitrogens with zero attached hydrogens (tertiary/aromatic N) is 7. The minimum atomic E-state index is -0.904. The number of carbonyl (C=O) groups is 2. The molecule has 5 rings (SSSR count). The van der Waals surface area contributed by atoms with Crippen molar-refractivity contribution < 1.29 is 9.59 Å². The Kier molecular flexibility index (Phi) is 4.23. The Balaban J connectivity index is 1.29. The van der Waals surface area contributed by atoms with Crippen molar-refractivity contribution in [3.63, 3.8) is 0 Å². The number of fused-ring (bicyclic) bond motifs is 1. The van der Waals surface area contributed by atoms with Gasteiger partial charge in [0.15, 0.2) is 5.82 Å². The molecule has 5 heterocycles. The molecule has 0 atom stereocenters. The van der Waals surface area contributed by atoms with E-state index in [-0.39, 0.29) is 19.0 Å². The number of anilines is 1. The number of imidazole rings is 1. The lowest BCUT2D eigenvalue weighted by atomic mass is 9.87. The topological polar surface area (TPSA) is 118 Å². The highest BCUT2D eigenvalue weighted by Crippen LogP contribution is 2.32. The minimum Gasteiger partial charge on any atom is -0.355 e. The maximum Gasteiger partial charge on any atom is 0.347 e. The van der Waals surface area contributed by atoms with Gasteiger partial charge in [-0.15, -0.1) is 0 Å². The highest BCUT2D eigenvalue weighted by atomic mass is 16.2. The van der Waals surface area contributed by atoms with Gasteiger partial charge in [-0.05, 0) is 18.9 Å². The number of hydrogen-bond donors (Lipinski definition) is 1. The van der Waals surface area contributed by atoms with Gasteiger partial charge in [0.1, 0.15) is 11.1 Å². The number of imide groups is 1. The van der Waals surface area contributed by atoms with Gasteiger partial charge in [-0.1, -0.05) is 0 Å². The fourth-order valence-corrected chi connectivity index (χ4v) is 4.17. The molecular formula is C19H20N8O3. The molecule has 30 heavy (non-hydrogen) atoms. The first-order valence-electron chi connectivity index (χ1n) is 9.75. The van der Waals surface area contributed by atoms with Gasteiger partial charge < -0.3 is 14.6 Å². The van der Waals surface area contributed by atoms with E-state index in [1.807, 2.05) is 10.6 Å². The lowest BCUT2D eigenvalue weighted by Gasteiger charge is -2.38. The predicted octanol–water partition coefficient (Wildman–Crippen LogP) is -0.123. The van der Waals surface area contributed by atoms with Crippen molar-refractivity contribution in [1.82, 2.24) is 34.1 Å². The van der Waals surface area contributed by atoms with Crippen LogP contribution in [0.25, 0.3) is 5.52 Å². The molecule has 3 aromatic rings. The SMILES string of the molecule is O=C1NC2(CCN(c3nccn4cncc34)CC2)C(=O)N1CCn1cccnc1=O. The number of nitrogens with one attached hydrogen (secondary N) is 1. The van der Waals surface area contributed by atoms with E-state index < -0.39 is 17.3 Å². The number of amides is 3. The summed E-state index contributed by atoms with van der Waals surface area (Å²) in [6.07, 6.45) is 11.0. The molecule has 0 bridgehead atoms. The van der Waals surface area contributed by atoms with E-state index in [0.29, 0.717) is 25.9 Å². The Morgan fingerprint density at radius 2 is 1.87 bits per heavy atom. The lowest BCUT2D eigenvalue weighted by Crippen LogP contribution is -2.55. The van der Waals surface area contributed by atoms with Crippen LogP contribution >= 0.6 is 0 Å². The maximum atomic E-state index is 13.1. The van der Waals surface area contributed by atoms with Gasteiger partial charge in [0.05, 0.1) is 12.5 Å². The Morgan fingerprint density at radius 1 is 1.03 bits per heavy atom. The van der Waals surface area contributed by atoms with Crippen LogP contribution in [0.2, 0.25) is 0 Å². The summed E-state index contributed by atoms with van der Waals surface area (Å²) in [6.45, 7) is 1.50. The van der Waals surface area contributed by atoms with Crippen molar-refractivity contribution in [2.24, 2.45) is 0 Å². The van der Waals surface area contributed by atoms with E-state index in [0.717, 1.165) is 11.3 Å². The zero-order chi connectivity index (χ0) is 20.7. The third-order valence-electron chi connectivity index (χ3n) is 5.83. The van der Waals surface area contributed by atoms with Crippen LogP contribution in [0.3, 0.4) is 0 Å². The van der Waals surface area contributed by atoms with Crippen LogP contribution in [0.4, 0.5) is 10.6 Å². The van der Waals surface area contributed by atoms with Crippen molar-refractivity contribution in [1.29, 1.82) is 0 Å². The van der Waals surface area contributed by atoms with E-state index in [4.69, 9.17) is 0 Å². The minimum absolute atomic E-state index is 0.123. The summed E-state index contributed by atoms with van der Waals surface area (Å²) >= 11 is 0. The molecule has 3 aromatic heterocycles. The van der Waals surface area contributed by atoms with Crippen LogP contribution < -0.4 is 15.9 Å². The van der Waals surface area contributed by atoms with Crippen LogP contribution in [-0.4, -0.2) is 65.9 Å². The fraction of sp³-hybridized carbons (Fsp3) is 0.368. The van der Waals surface area contributed by atoms with Crippen LogP contribution in [-0.2, 0) is 11.3 Å². The van der Waals surface area contributed by atoms with E-state index >= 15 is 0 Å². The van der Waals surface area contributed by atoms with Crippen LogP contribution in [0.1, 0.15) is 12.8 Å². The summed E-state index contributed by atoms with van der Waals surface area (Å²) in [5, 5.41) is 2.89. The van der Waals surface area contributed by atoms with Crippen molar-refractivity contribution in [2.45, 2.75) is 24.9 Å². The average Bonchev–Trinajstić information content (AvgIpc) is 3.32. The molecule has 2 saturated heterocycles. The third-order valence-corrected chi connectivity index (χ3v) is 5.83. The predicted molar refractivity (Wildman–Crippen MR) is 106 cm³/mol. The van der Waals surface area contributed by atoms with E-state index in [1.54, 1.807) is 31.0 Å². The second-order valence-electron chi connectivity index (χ2n) is 7.49. The molecule has 0 saturated carbocycles. The summed E-state index contributed by atoms with van der Waals surface area (Å²) in [5.74, 6) is 0.578. The molecule has 3 amide bonds. The fourth-order valence-electron chi connectivity index (χ4n) is 4.17. The van der Waals surface area contributed by atoms with E-state index in [2.05, 4.69) is 25.2 Å². The van der Waals surface area contributed by atoms with Gasteiger partial charge in [0.2, 0.25) is 0 Å². The normalized spacial score (nSPS) is 18.4. The summed E-state index contributed by atoms with van der Waals surface area (Å²) in [7, 11) is 0. The van der Waals surface area contributed by atoms with Gasteiger partial charge in [-0.2, -0.15) is 0 Å². The number of hydrogen-bond acceptors (Lipinski definition) is 7. The highest BCUT2D eigenvalue weighted by Gasteiger charge is 2.52. The average molecular weight is 408 g/mol. The van der Waals surface area contributed by atoms with Gasteiger partial charge >= 0.3 is 11.7 Å². The summed E-state index contributed by atoms with van der Waals surface area (Å²) in [5.41, 5.74) is -0.411. The molecule has 2 fully saturated rings. The van der Waals surface area contributed by atoms with Gasteiger partial charge in [0.25, 0.3) is 5.91 Å². The summed E-state index contributed by atoms with van der Waals surface area (Å²) in [6, 6.07) is 1.22. The monoisotopic (exact) mass is 408 g/mol. The first-order valence-corrected chi connectivity index (χ1v) is 9.75. The number of rotatable bonds is 4. The zero-order valence-electron chi connectivity index (χ0n) is 16.1. The second-order valence-corrected chi connectivity index (χ2v) is 7.49. The quantitative estimate of drug-likeness (QED) is 0.598. The number of aromatic nitrogens is 5. The molecule has 11 heteroatoms. The Bertz CT molecular complexity index is 1180. The van der Waals surface area contributed by atoms with E-state index in [1.165, 1.54) is 15.7 Å². The number of carbonyl (C=O) groups excluding carboxylic acids is 2. The first-order chi connectivity index (χ1) is 14.6. The lowest BCUT2D eigenvalue weighted by molar-refractivity contribution is -0.132. The maximum absolute atomic E-state index is 13.1. The molecule has 2 aliphatic heterocycles. The molecule has 0 aromatic carbocycles. The smallest absolute Gasteiger partial charge is 0.347 e. The van der Waals surface area contributed by atoms with Crippen molar-refractivity contribution >= 4 is 23.3 Å². The molecule has 0 unspecified atom stereocenters. The van der Waals surface area contributed by atoms with Gasteiger partial charge in [-0.25, -0.2) is 24.5 Å². The number of piperidine rings is 1. The van der Waals surface area contributed by atoms with Crippen molar-refractivity contribution in [3.05, 3.63) is 53.9 Å². The molecule has 0 radical (unpaired) electrons. The number of urea groups is 1. The summed E-state index contributed by atoms with van der Waals surface area (Å²) in [4.78, 5) is 53.0. The Morgan fingerprint density at radius 3 is 2.67 bits per heavy atom. The van der Waals surface area contributed by atoms with Crippen LogP contribution in [0, 0.1) is 0 Å². The molecule has 1 N–H and O–H groups in total. The molecule has 1 spiro atoms. The van der Waals surface area contributed by atoms with Gasteiger partial charge in [0, 0.05) is 51.0 Å². The van der Waals surface area contributed by atoms with E-state index in [9.17, 15) is 14.4 Å². The highest BCUT2D eigenvalue weighted by molar-refractivity contribution is 6.07. The van der Waals surface area contributed by atoms with Crippen molar-refractivity contribution in [3.8, 4) is 0 Å². The first kappa shape index (κ1) is 18.3. The largest absolute Gasteiger partial charge is 0.355 e. The third kappa shape index (κ3) is 2.90. The zero-order valence-corrected chi connectivity index (χ0v) is 16.1. The van der Waals surface area contributed by atoms with Crippen molar-refractivity contribution in [2.75, 3.05) is 24.5 Å².